The van der Waals surface area contributed by atoms with Gasteiger partial charge in [0, 0.05) is 25.2 Å². The van der Waals surface area contributed by atoms with Gasteiger partial charge in [-0.2, -0.15) is 0 Å². The number of pyridine rings is 1. The Morgan fingerprint density at radius 2 is 2.31 bits per heavy atom. The van der Waals surface area contributed by atoms with Crippen molar-refractivity contribution in [2.24, 2.45) is 0 Å². The van der Waals surface area contributed by atoms with Crippen LogP contribution in [0, 0.1) is 0 Å². The van der Waals surface area contributed by atoms with E-state index in [1.165, 1.54) is 12.8 Å². The minimum absolute atomic E-state index is 0.542. The van der Waals surface area contributed by atoms with E-state index in [1.54, 1.807) is 0 Å². The number of nitrogens with zero attached hydrogens (tertiary/aromatic N) is 2. The number of halogens is 1. The summed E-state index contributed by atoms with van der Waals surface area (Å²) in [5.74, 6) is 1.59. The highest BCUT2D eigenvalue weighted by Gasteiger charge is 2.26. The Kier molecular flexibility index (Phi) is 2.40. The Morgan fingerprint density at radius 3 is 2.77 bits per heavy atom. The second-order valence-electron chi connectivity index (χ2n) is 3.50. The average molecular weight is 197 g/mol. The van der Waals surface area contributed by atoms with Crippen molar-refractivity contribution in [1.82, 2.24) is 4.98 Å². The first kappa shape index (κ1) is 8.82. The van der Waals surface area contributed by atoms with Crippen molar-refractivity contribution in [3.8, 4) is 0 Å². The normalized spacial score (nSPS) is 15.8. The third kappa shape index (κ3) is 1.94. The molecule has 0 bridgehead atoms. The second-order valence-corrected chi connectivity index (χ2v) is 3.77. The van der Waals surface area contributed by atoms with Crippen molar-refractivity contribution < 1.29 is 0 Å². The highest BCUT2D eigenvalue weighted by atomic mass is 35.5. The van der Waals surface area contributed by atoms with Gasteiger partial charge in [0.25, 0.3) is 0 Å². The highest BCUT2D eigenvalue weighted by molar-refractivity contribution is 6.17. The second kappa shape index (κ2) is 3.54. The molecule has 1 aliphatic rings. The van der Waals surface area contributed by atoms with Crippen LogP contribution in [-0.2, 0) is 5.88 Å². The predicted molar refractivity (Wildman–Crippen MR) is 55.2 cm³/mol. The fourth-order valence-electron chi connectivity index (χ4n) is 1.35. The summed E-state index contributed by atoms with van der Waals surface area (Å²) in [5, 5.41) is 0. The van der Waals surface area contributed by atoms with Crippen LogP contribution in [0.5, 0.6) is 0 Å². The van der Waals surface area contributed by atoms with Crippen LogP contribution in [0.2, 0.25) is 0 Å². The van der Waals surface area contributed by atoms with Crippen LogP contribution in [0.3, 0.4) is 0 Å². The lowest BCUT2D eigenvalue weighted by molar-refractivity contribution is 0.890. The first-order valence-electron chi connectivity index (χ1n) is 4.55. The molecule has 0 N–H and O–H groups in total. The van der Waals surface area contributed by atoms with Gasteiger partial charge in [0.1, 0.15) is 5.82 Å². The maximum Gasteiger partial charge on any atom is 0.128 e. The van der Waals surface area contributed by atoms with Gasteiger partial charge in [-0.05, 0) is 24.5 Å². The van der Waals surface area contributed by atoms with Gasteiger partial charge in [0.05, 0.1) is 0 Å². The highest BCUT2D eigenvalue weighted by Crippen LogP contribution is 2.28. The number of hydrogen-bond acceptors (Lipinski definition) is 2. The number of hydrogen-bond donors (Lipinski definition) is 0. The van der Waals surface area contributed by atoms with E-state index in [4.69, 9.17) is 11.6 Å². The first-order chi connectivity index (χ1) is 6.31. The summed E-state index contributed by atoms with van der Waals surface area (Å²) in [6.07, 6.45) is 4.45. The molecule has 0 aliphatic heterocycles. The summed E-state index contributed by atoms with van der Waals surface area (Å²) >= 11 is 5.68. The van der Waals surface area contributed by atoms with Gasteiger partial charge in [0.2, 0.25) is 0 Å². The average Bonchev–Trinajstić information content (AvgIpc) is 3.00. The zero-order chi connectivity index (χ0) is 9.26. The van der Waals surface area contributed by atoms with E-state index in [9.17, 15) is 0 Å². The van der Waals surface area contributed by atoms with E-state index in [-0.39, 0.29) is 0 Å². The maximum absolute atomic E-state index is 5.68. The van der Waals surface area contributed by atoms with E-state index in [1.807, 2.05) is 18.3 Å². The largest absolute Gasteiger partial charge is 0.357 e. The van der Waals surface area contributed by atoms with E-state index < -0.39 is 0 Å². The molecular weight excluding hydrogens is 184 g/mol. The van der Waals surface area contributed by atoms with Crippen molar-refractivity contribution in [2.45, 2.75) is 24.8 Å². The van der Waals surface area contributed by atoms with Crippen molar-refractivity contribution in [3.05, 3.63) is 23.9 Å². The van der Waals surface area contributed by atoms with Gasteiger partial charge in [-0.1, -0.05) is 6.07 Å². The molecule has 0 amide bonds. The van der Waals surface area contributed by atoms with Crippen LogP contribution in [0.4, 0.5) is 5.82 Å². The maximum atomic E-state index is 5.68. The van der Waals surface area contributed by atoms with Crippen molar-refractivity contribution in [1.29, 1.82) is 0 Å². The molecule has 0 unspecified atom stereocenters. The molecule has 1 aliphatic carbocycles. The van der Waals surface area contributed by atoms with Crippen LogP contribution in [0.1, 0.15) is 18.4 Å². The Hall–Kier alpha value is -0.760. The fourth-order valence-corrected chi connectivity index (χ4v) is 1.51. The summed E-state index contributed by atoms with van der Waals surface area (Å²) in [4.78, 5) is 6.59. The first-order valence-corrected chi connectivity index (χ1v) is 5.08. The van der Waals surface area contributed by atoms with Gasteiger partial charge in [-0.3, -0.25) is 0 Å². The third-order valence-corrected chi connectivity index (χ3v) is 2.73. The summed E-state index contributed by atoms with van der Waals surface area (Å²) in [7, 11) is 2.10. The summed E-state index contributed by atoms with van der Waals surface area (Å²) in [6.45, 7) is 0. The number of rotatable bonds is 3. The minimum Gasteiger partial charge on any atom is -0.357 e. The van der Waals surface area contributed by atoms with Crippen LogP contribution in [-0.4, -0.2) is 18.1 Å². The van der Waals surface area contributed by atoms with E-state index in [0.29, 0.717) is 11.9 Å². The van der Waals surface area contributed by atoms with Gasteiger partial charge < -0.3 is 4.90 Å². The molecule has 1 aromatic rings. The fraction of sp³-hybridized carbons (Fsp3) is 0.500. The van der Waals surface area contributed by atoms with Gasteiger partial charge in [-0.25, -0.2) is 4.98 Å². The number of aromatic nitrogens is 1. The van der Waals surface area contributed by atoms with E-state index >= 15 is 0 Å². The quantitative estimate of drug-likeness (QED) is 0.691. The smallest absolute Gasteiger partial charge is 0.128 e. The van der Waals surface area contributed by atoms with Crippen LogP contribution in [0.25, 0.3) is 0 Å². The lowest BCUT2D eigenvalue weighted by Gasteiger charge is -2.16. The number of anilines is 1. The van der Waals surface area contributed by atoms with Crippen LogP contribution >= 0.6 is 11.6 Å². The molecule has 0 aromatic carbocycles. The molecule has 2 nitrogen and oxygen atoms in total. The lowest BCUT2D eigenvalue weighted by atomic mass is 10.3. The summed E-state index contributed by atoms with van der Waals surface area (Å²) < 4.78 is 0. The third-order valence-electron chi connectivity index (χ3n) is 2.42. The van der Waals surface area contributed by atoms with Crippen molar-refractivity contribution in [3.63, 3.8) is 0 Å². The number of alkyl halides is 1. The van der Waals surface area contributed by atoms with Crippen molar-refractivity contribution in [2.75, 3.05) is 11.9 Å². The molecule has 0 atom stereocenters. The summed E-state index contributed by atoms with van der Waals surface area (Å²) in [6, 6.07) is 4.79. The standard InChI is InChI=1S/C10H13ClN2/c1-13(9-3-4-9)10-5-2-8(6-11)7-12-10/h2,5,7,9H,3-4,6H2,1H3. The van der Waals surface area contributed by atoms with Crippen LogP contribution < -0.4 is 4.90 Å². The minimum atomic E-state index is 0.542. The molecule has 70 valence electrons. The zero-order valence-electron chi connectivity index (χ0n) is 7.70. The molecule has 3 heteroatoms. The van der Waals surface area contributed by atoms with Gasteiger partial charge >= 0.3 is 0 Å². The Balaban J connectivity index is 2.11. The molecule has 1 saturated carbocycles. The monoisotopic (exact) mass is 196 g/mol. The molecule has 1 aromatic heterocycles. The molecular formula is C10H13ClN2. The SMILES string of the molecule is CN(c1ccc(CCl)cn1)C1CC1. The van der Waals surface area contributed by atoms with Gasteiger partial charge in [-0.15, -0.1) is 11.6 Å². The molecule has 13 heavy (non-hydrogen) atoms. The van der Waals surface area contributed by atoms with Gasteiger partial charge in [0.15, 0.2) is 0 Å². The summed E-state index contributed by atoms with van der Waals surface area (Å²) in [5.41, 5.74) is 1.08. The zero-order valence-corrected chi connectivity index (χ0v) is 8.46. The van der Waals surface area contributed by atoms with E-state index in [0.717, 1.165) is 11.4 Å². The molecule has 2 rings (SSSR count). The molecule has 0 radical (unpaired) electrons. The molecule has 1 heterocycles. The lowest BCUT2D eigenvalue weighted by Crippen LogP contribution is -2.20. The Morgan fingerprint density at radius 1 is 1.54 bits per heavy atom. The molecule has 1 fully saturated rings. The molecule has 0 spiro atoms. The van der Waals surface area contributed by atoms with E-state index in [2.05, 4.69) is 16.9 Å². The Labute approximate surface area is 83.5 Å². The Bertz CT molecular complexity index is 279. The molecule has 0 saturated heterocycles. The van der Waals surface area contributed by atoms with Crippen LogP contribution in [0.15, 0.2) is 18.3 Å². The van der Waals surface area contributed by atoms with Crippen molar-refractivity contribution >= 4 is 17.4 Å². The predicted octanol–water partition coefficient (Wildman–Crippen LogP) is 2.42. The topological polar surface area (TPSA) is 16.1 Å².